The number of anilines is 1. The molecule has 2 aromatic carbocycles. The Labute approximate surface area is 175 Å². The van der Waals surface area contributed by atoms with Gasteiger partial charge in [0.15, 0.2) is 17.3 Å². The molecule has 3 aromatic rings. The summed E-state index contributed by atoms with van der Waals surface area (Å²) < 4.78 is 10.7. The fraction of sp³-hybridized carbons (Fsp3) is 0.348. The second-order valence-corrected chi connectivity index (χ2v) is 7.46. The molecule has 1 aliphatic rings. The van der Waals surface area contributed by atoms with E-state index in [9.17, 15) is 4.79 Å². The molecule has 0 atom stereocenters. The molecule has 156 valence electrons. The summed E-state index contributed by atoms with van der Waals surface area (Å²) in [5.74, 6) is 1.77. The van der Waals surface area contributed by atoms with Crippen molar-refractivity contribution in [3.05, 3.63) is 42.6 Å². The van der Waals surface area contributed by atoms with Crippen LogP contribution in [0.25, 0.3) is 22.2 Å². The number of nitrogens with zero attached hydrogens (tertiary/aromatic N) is 2. The molecule has 1 heterocycles. The number of ether oxygens (including phenoxy) is 2. The normalized spacial score (nSPS) is 14.3. The Hall–Kier alpha value is -3.35. The zero-order chi connectivity index (χ0) is 20.9. The van der Waals surface area contributed by atoms with E-state index in [1.165, 1.54) is 19.3 Å². The van der Waals surface area contributed by atoms with Crippen molar-refractivity contribution in [3.63, 3.8) is 0 Å². The van der Waals surface area contributed by atoms with Crippen molar-refractivity contribution in [1.82, 2.24) is 15.3 Å². The average Bonchev–Trinajstić information content (AvgIpc) is 2.78. The predicted octanol–water partition coefficient (Wildman–Crippen LogP) is 4.77. The van der Waals surface area contributed by atoms with Gasteiger partial charge in [0.2, 0.25) is 0 Å². The first kappa shape index (κ1) is 19.9. The second kappa shape index (κ2) is 8.98. The summed E-state index contributed by atoms with van der Waals surface area (Å²) in [7, 11) is 3.23. The van der Waals surface area contributed by atoms with Crippen molar-refractivity contribution in [2.75, 3.05) is 19.5 Å². The number of benzene rings is 2. The lowest BCUT2D eigenvalue weighted by molar-refractivity contribution is 0.244. The lowest BCUT2D eigenvalue weighted by Crippen LogP contribution is -2.39. The third kappa shape index (κ3) is 4.45. The Bertz CT molecular complexity index is 1050. The van der Waals surface area contributed by atoms with Gasteiger partial charge in [-0.05, 0) is 48.2 Å². The molecule has 1 fully saturated rings. The third-order valence-corrected chi connectivity index (χ3v) is 5.44. The van der Waals surface area contributed by atoms with Crippen LogP contribution in [0.1, 0.15) is 32.1 Å². The number of carbonyl (C=O) groups excluding carboxylic acids is 1. The van der Waals surface area contributed by atoms with E-state index in [4.69, 9.17) is 9.47 Å². The molecule has 4 rings (SSSR count). The number of fused-ring (bicyclic) bond motifs is 1. The quantitative estimate of drug-likeness (QED) is 0.638. The van der Waals surface area contributed by atoms with Gasteiger partial charge in [-0.15, -0.1) is 0 Å². The summed E-state index contributed by atoms with van der Waals surface area (Å²) in [5.41, 5.74) is 3.42. The minimum absolute atomic E-state index is 0.230. The van der Waals surface area contributed by atoms with E-state index in [1.54, 1.807) is 20.4 Å². The standard InChI is InChI=1S/C23H26N4O3/c1-29-20-11-9-16(13-21(20)30-2)15-8-10-18-19(12-15)26-22(14-24-18)27-23(28)25-17-6-4-3-5-7-17/h8-14,17H,3-7H2,1-2H3,(H2,25,26,27,28). The lowest BCUT2D eigenvalue weighted by atomic mass is 9.96. The molecule has 2 amide bonds. The largest absolute Gasteiger partial charge is 0.493 e. The van der Waals surface area contributed by atoms with E-state index in [-0.39, 0.29) is 12.1 Å². The van der Waals surface area contributed by atoms with Crippen molar-refractivity contribution >= 4 is 22.9 Å². The van der Waals surface area contributed by atoms with Crippen molar-refractivity contribution in [2.24, 2.45) is 0 Å². The van der Waals surface area contributed by atoms with Crippen molar-refractivity contribution in [1.29, 1.82) is 0 Å². The van der Waals surface area contributed by atoms with Gasteiger partial charge in [-0.25, -0.2) is 9.78 Å². The minimum Gasteiger partial charge on any atom is -0.493 e. The monoisotopic (exact) mass is 406 g/mol. The zero-order valence-electron chi connectivity index (χ0n) is 17.3. The van der Waals surface area contributed by atoms with Gasteiger partial charge >= 0.3 is 6.03 Å². The average molecular weight is 406 g/mol. The van der Waals surface area contributed by atoms with Crippen LogP contribution < -0.4 is 20.1 Å². The molecule has 1 aromatic heterocycles. The van der Waals surface area contributed by atoms with Crippen LogP contribution in [0, 0.1) is 0 Å². The molecule has 7 heteroatoms. The first-order valence-electron chi connectivity index (χ1n) is 10.2. The van der Waals surface area contributed by atoms with Gasteiger partial charge in [0, 0.05) is 6.04 Å². The van der Waals surface area contributed by atoms with E-state index in [0.29, 0.717) is 22.8 Å². The molecule has 0 saturated heterocycles. The van der Waals surface area contributed by atoms with Gasteiger partial charge in [0.25, 0.3) is 0 Å². The Morgan fingerprint density at radius 2 is 1.67 bits per heavy atom. The van der Waals surface area contributed by atoms with E-state index >= 15 is 0 Å². The number of amides is 2. The molecule has 7 nitrogen and oxygen atoms in total. The maximum absolute atomic E-state index is 12.3. The Kier molecular flexibility index (Phi) is 5.97. The molecule has 2 N–H and O–H groups in total. The number of hydrogen-bond acceptors (Lipinski definition) is 5. The molecule has 30 heavy (non-hydrogen) atoms. The Morgan fingerprint density at radius 3 is 2.43 bits per heavy atom. The molecule has 1 saturated carbocycles. The van der Waals surface area contributed by atoms with Crippen molar-refractivity contribution < 1.29 is 14.3 Å². The Morgan fingerprint density at radius 1 is 0.933 bits per heavy atom. The number of aromatic nitrogens is 2. The number of urea groups is 1. The van der Waals surface area contributed by atoms with Crippen LogP contribution in [0.4, 0.5) is 10.6 Å². The highest BCUT2D eigenvalue weighted by atomic mass is 16.5. The lowest BCUT2D eigenvalue weighted by Gasteiger charge is -2.22. The minimum atomic E-state index is -0.230. The molecule has 0 unspecified atom stereocenters. The molecule has 1 aliphatic carbocycles. The van der Waals surface area contributed by atoms with Crippen LogP contribution in [-0.2, 0) is 0 Å². The topological polar surface area (TPSA) is 85.4 Å². The summed E-state index contributed by atoms with van der Waals surface area (Å²) >= 11 is 0. The van der Waals surface area contributed by atoms with Crippen LogP contribution in [0.3, 0.4) is 0 Å². The first-order valence-corrected chi connectivity index (χ1v) is 10.2. The van der Waals surface area contributed by atoms with E-state index < -0.39 is 0 Å². The SMILES string of the molecule is COc1ccc(-c2ccc3ncc(NC(=O)NC4CCCCC4)nc3c2)cc1OC. The Balaban J connectivity index is 1.54. The number of hydrogen-bond donors (Lipinski definition) is 2. The van der Waals surface area contributed by atoms with Gasteiger partial charge in [0.1, 0.15) is 0 Å². The fourth-order valence-electron chi connectivity index (χ4n) is 3.85. The number of nitrogens with one attached hydrogen (secondary N) is 2. The summed E-state index contributed by atoms with van der Waals surface area (Å²) in [5, 5.41) is 5.85. The smallest absolute Gasteiger partial charge is 0.320 e. The first-order chi connectivity index (χ1) is 14.7. The van der Waals surface area contributed by atoms with Crippen LogP contribution in [0.15, 0.2) is 42.6 Å². The molecule has 0 radical (unpaired) electrons. The van der Waals surface area contributed by atoms with Crippen molar-refractivity contribution in [2.45, 2.75) is 38.1 Å². The number of carbonyl (C=O) groups is 1. The number of methoxy groups -OCH3 is 2. The maximum atomic E-state index is 12.3. The highest BCUT2D eigenvalue weighted by Crippen LogP contribution is 2.33. The van der Waals surface area contributed by atoms with Crippen LogP contribution >= 0.6 is 0 Å². The summed E-state index contributed by atoms with van der Waals surface area (Å²) in [4.78, 5) is 21.3. The van der Waals surface area contributed by atoms with E-state index in [2.05, 4.69) is 20.6 Å². The predicted molar refractivity (Wildman–Crippen MR) is 117 cm³/mol. The molecular formula is C23H26N4O3. The van der Waals surface area contributed by atoms with E-state index in [1.807, 2.05) is 36.4 Å². The molecule has 0 spiro atoms. The highest BCUT2D eigenvalue weighted by molar-refractivity contribution is 5.90. The highest BCUT2D eigenvalue weighted by Gasteiger charge is 2.16. The second-order valence-electron chi connectivity index (χ2n) is 7.46. The number of rotatable bonds is 5. The maximum Gasteiger partial charge on any atom is 0.320 e. The van der Waals surface area contributed by atoms with Crippen molar-refractivity contribution in [3.8, 4) is 22.6 Å². The summed E-state index contributed by atoms with van der Waals surface area (Å²) in [6.45, 7) is 0. The summed E-state index contributed by atoms with van der Waals surface area (Å²) in [6.07, 6.45) is 7.23. The van der Waals surface area contributed by atoms with Gasteiger partial charge < -0.3 is 14.8 Å². The molecule has 0 aliphatic heterocycles. The van der Waals surface area contributed by atoms with E-state index in [0.717, 1.165) is 29.5 Å². The van der Waals surface area contributed by atoms with Crippen LogP contribution in [-0.4, -0.2) is 36.3 Å². The summed E-state index contributed by atoms with van der Waals surface area (Å²) in [6, 6.07) is 11.6. The third-order valence-electron chi connectivity index (χ3n) is 5.44. The van der Waals surface area contributed by atoms with Gasteiger partial charge in [-0.2, -0.15) is 0 Å². The van der Waals surface area contributed by atoms with Crippen LogP contribution in [0.5, 0.6) is 11.5 Å². The zero-order valence-corrected chi connectivity index (χ0v) is 17.3. The molecular weight excluding hydrogens is 380 g/mol. The van der Waals surface area contributed by atoms with Crippen LogP contribution in [0.2, 0.25) is 0 Å². The van der Waals surface area contributed by atoms with Gasteiger partial charge in [-0.1, -0.05) is 31.4 Å². The van der Waals surface area contributed by atoms with Gasteiger partial charge in [-0.3, -0.25) is 10.3 Å². The van der Waals surface area contributed by atoms with Gasteiger partial charge in [0.05, 0.1) is 31.4 Å². The fourth-order valence-corrected chi connectivity index (χ4v) is 3.85. The molecule has 0 bridgehead atoms.